The summed E-state index contributed by atoms with van der Waals surface area (Å²) in [5.41, 5.74) is -1.28. The molecule has 16 heavy (non-hydrogen) atoms. The number of hydrogen-bond acceptors (Lipinski definition) is 3. The van der Waals surface area contributed by atoms with Crippen LogP contribution in [0, 0.1) is 0 Å². The molecule has 0 aliphatic carbocycles. The van der Waals surface area contributed by atoms with Crippen molar-refractivity contribution >= 4 is 5.91 Å². The fourth-order valence-electron chi connectivity index (χ4n) is 1.98. The predicted molar refractivity (Wildman–Crippen MR) is 64.2 cm³/mol. The van der Waals surface area contributed by atoms with E-state index in [-0.39, 0.29) is 11.9 Å². The average Bonchev–Trinajstić information content (AvgIpc) is 2.17. The monoisotopic (exact) mass is 228 g/mol. The van der Waals surface area contributed by atoms with Crippen molar-refractivity contribution in [1.29, 1.82) is 0 Å². The van der Waals surface area contributed by atoms with E-state index in [1.807, 2.05) is 6.92 Å². The Morgan fingerprint density at radius 2 is 1.94 bits per heavy atom. The van der Waals surface area contributed by atoms with Crippen molar-refractivity contribution in [2.45, 2.75) is 51.7 Å². The minimum atomic E-state index is -1.28. The quantitative estimate of drug-likeness (QED) is 0.746. The van der Waals surface area contributed by atoms with Gasteiger partial charge in [-0.25, -0.2) is 0 Å². The van der Waals surface area contributed by atoms with Gasteiger partial charge in [-0.05, 0) is 46.7 Å². The zero-order valence-electron chi connectivity index (χ0n) is 10.6. The summed E-state index contributed by atoms with van der Waals surface area (Å²) in [6.45, 7) is 8.14. The molecule has 2 N–H and O–H groups in total. The highest BCUT2D eigenvalue weighted by Gasteiger charge is 2.25. The first-order chi connectivity index (χ1) is 7.39. The normalized spacial score (nSPS) is 20.5. The molecule has 0 radical (unpaired) electrons. The summed E-state index contributed by atoms with van der Waals surface area (Å²) in [7, 11) is 0. The highest BCUT2D eigenvalue weighted by Crippen LogP contribution is 2.09. The lowest BCUT2D eigenvalue weighted by molar-refractivity contribution is -0.137. The molecule has 1 saturated heterocycles. The van der Waals surface area contributed by atoms with E-state index in [9.17, 15) is 9.90 Å². The fraction of sp³-hybridized carbons (Fsp3) is 0.917. The molecule has 0 aromatic heterocycles. The van der Waals surface area contributed by atoms with Crippen LogP contribution in [0.1, 0.15) is 40.0 Å². The second kappa shape index (κ2) is 5.64. The van der Waals surface area contributed by atoms with Crippen LogP contribution in [0.25, 0.3) is 0 Å². The van der Waals surface area contributed by atoms with Crippen molar-refractivity contribution in [2.75, 3.05) is 19.6 Å². The minimum absolute atomic E-state index is 0.0945. The van der Waals surface area contributed by atoms with E-state index < -0.39 is 5.60 Å². The first kappa shape index (κ1) is 13.5. The molecule has 0 aromatic carbocycles. The van der Waals surface area contributed by atoms with E-state index in [0.717, 1.165) is 19.6 Å². The number of nitrogens with zero attached hydrogens (tertiary/aromatic N) is 1. The summed E-state index contributed by atoms with van der Waals surface area (Å²) >= 11 is 0. The van der Waals surface area contributed by atoms with E-state index in [4.69, 9.17) is 0 Å². The van der Waals surface area contributed by atoms with Gasteiger partial charge in [-0.3, -0.25) is 4.79 Å². The third-order valence-electron chi connectivity index (χ3n) is 2.91. The molecule has 0 saturated carbocycles. The summed E-state index contributed by atoms with van der Waals surface area (Å²) < 4.78 is 0. The van der Waals surface area contributed by atoms with Gasteiger partial charge in [0, 0.05) is 12.6 Å². The van der Waals surface area contributed by atoms with Gasteiger partial charge in [0.15, 0.2) is 0 Å². The molecule has 1 aliphatic rings. The Labute approximate surface area is 98.0 Å². The second-order valence-electron chi connectivity index (χ2n) is 5.29. The largest absolute Gasteiger partial charge is 0.381 e. The number of carbonyl (C=O) groups excluding carboxylic acids is 1. The second-order valence-corrected chi connectivity index (χ2v) is 5.29. The Hall–Kier alpha value is -0.610. The molecule has 1 heterocycles. The summed E-state index contributed by atoms with van der Waals surface area (Å²) in [5.74, 6) is -0.294. The van der Waals surface area contributed by atoms with Gasteiger partial charge >= 0.3 is 0 Å². The van der Waals surface area contributed by atoms with Gasteiger partial charge in [0.05, 0.1) is 0 Å². The summed E-state index contributed by atoms with van der Waals surface area (Å²) in [6.07, 6.45) is 3.83. The van der Waals surface area contributed by atoms with Gasteiger partial charge in [0.25, 0.3) is 5.91 Å². The Balaban J connectivity index is 2.29. The Morgan fingerprint density at radius 1 is 1.38 bits per heavy atom. The molecule has 1 amide bonds. The van der Waals surface area contributed by atoms with Gasteiger partial charge in [-0.1, -0.05) is 6.42 Å². The van der Waals surface area contributed by atoms with Crippen molar-refractivity contribution < 1.29 is 9.90 Å². The maximum atomic E-state index is 11.5. The molecule has 4 heteroatoms. The predicted octanol–water partition coefficient (Wildman–Crippen LogP) is 0.748. The van der Waals surface area contributed by atoms with Crippen LogP contribution >= 0.6 is 0 Å². The molecule has 0 aromatic rings. The molecule has 1 fully saturated rings. The number of carbonyl (C=O) groups is 1. The summed E-state index contributed by atoms with van der Waals surface area (Å²) in [6, 6.07) is 0.0945. The topological polar surface area (TPSA) is 52.6 Å². The van der Waals surface area contributed by atoms with Crippen LogP contribution in [0.15, 0.2) is 0 Å². The lowest BCUT2D eigenvalue weighted by Gasteiger charge is -2.30. The molecule has 1 atom stereocenters. The average molecular weight is 228 g/mol. The zero-order chi connectivity index (χ0) is 12.2. The lowest BCUT2D eigenvalue weighted by Crippen LogP contribution is -2.50. The lowest BCUT2D eigenvalue weighted by atomic mass is 10.1. The molecule has 1 unspecified atom stereocenters. The highest BCUT2D eigenvalue weighted by atomic mass is 16.3. The Kier molecular flexibility index (Phi) is 4.74. The molecule has 1 aliphatic heterocycles. The Bertz CT molecular complexity index is 230. The van der Waals surface area contributed by atoms with Gasteiger partial charge in [0.2, 0.25) is 0 Å². The van der Waals surface area contributed by atoms with Crippen LogP contribution in [0.2, 0.25) is 0 Å². The maximum absolute atomic E-state index is 11.5. The van der Waals surface area contributed by atoms with Crippen molar-refractivity contribution in [3.05, 3.63) is 0 Å². The van der Waals surface area contributed by atoms with Crippen LogP contribution in [0.5, 0.6) is 0 Å². The summed E-state index contributed by atoms with van der Waals surface area (Å²) in [4.78, 5) is 13.9. The maximum Gasteiger partial charge on any atom is 0.251 e. The van der Waals surface area contributed by atoms with Gasteiger partial charge in [-0.15, -0.1) is 0 Å². The van der Waals surface area contributed by atoms with Gasteiger partial charge < -0.3 is 15.3 Å². The van der Waals surface area contributed by atoms with Crippen LogP contribution in [0.3, 0.4) is 0 Å². The zero-order valence-corrected chi connectivity index (χ0v) is 10.6. The fourth-order valence-corrected chi connectivity index (χ4v) is 1.98. The highest BCUT2D eigenvalue weighted by molar-refractivity contribution is 5.84. The SMILES string of the molecule is CC(CN1CCCCC1)NC(=O)C(C)(C)O. The third-order valence-corrected chi connectivity index (χ3v) is 2.91. The molecule has 1 rings (SSSR count). The molecule has 0 bridgehead atoms. The first-order valence-corrected chi connectivity index (χ1v) is 6.15. The van der Waals surface area contributed by atoms with Gasteiger partial charge in [-0.2, -0.15) is 0 Å². The van der Waals surface area contributed by atoms with Crippen molar-refractivity contribution in [2.24, 2.45) is 0 Å². The molecule has 4 nitrogen and oxygen atoms in total. The molecule has 94 valence electrons. The Morgan fingerprint density at radius 3 is 2.44 bits per heavy atom. The number of nitrogens with one attached hydrogen (secondary N) is 1. The minimum Gasteiger partial charge on any atom is -0.381 e. The third kappa shape index (κ3) is 4.49. The first-order valence-electron chi connectivity index (χ1n) is 6.15. The van der Waals surface area contributed by atoms with Crippen molar-refractivity contribution in [3.8, 4) is 0 Å². The van der Waals surface area contributed by atoms with E-state index in [0.29, 0.717) is 0 Å². The van der Waals surface area contributed by atoms with Crippen molar-refractivity contribution in [3.63, 3.8) is 0 Å². The van der Waals surface area contributed by atoms with Crippen LogP contribution in [-0.2, 0) is 4.79 Å². The molecular weight excluding hydrogens is 204 g/mol. The number of aliphatic hydroxyl groups is 1. The van der Waals surface area contributed by atoms with Crippen molar-refractivity contribution in [1.82, 2.24) is 10.2 Å². The van der Waals surface area contributed by atoms with E-state index in [1.54, 1.807) is 0 Å². The molecular formula is C12H24N2O2. The standard InChI is InChI=1S/C12H24N2O2/c1-10(13-11(15)12(2,3)16)9-14-7-5-4-6-8-14/h10,16H,4-9H2,1-3H3,(H,13,15). The number of hydrogen-bond donors (Lipinski definition) is 2. The number of rotatable bonds is 4. The molecule has 0 spiro atoms. The van der Waals surface area contributed by atoms with Crippen LogP contribution < -0.4 is 5.32 Å². The number of amides is 1. The smallest absolute Gasteiger partial charge is 0.251 e. The number of likely N-dealkylation sites (tertiary alicyclic amines) is 1. The summed E-state index contributed by atoms with van der Waals surface area (Å²) in [5, 5.41) is 12.4. The van der Waals surface area contributed by atoms with E-state index in [1.165, 1.54) is 33.1 Å². The van der Waals surface area contributed by atoms with Gasteiger partial charge in [0.1, 0.15) is 5.60 Å². The van der Waals surface area contributed by atoms with Crippen LogP contribution in [0.4, 0.5) is 0 Å². The van der Waals surface area contributed by atoms with E-state index in [2.05, 4.69) is 10.2 Å². The number of piperidine rings is 1. The van der Waals surface area contributed by atoms with E-state index >= 15 is 0 Å². The van der Waals surface area contributed by atoms with Crippen LogP contribution in [-0.4, -0.2) is 47.2 Å².